The lowest BCUT2D eigenvalue weighted by Gasteiger charge is -2.22. The lowest BCUT2D eigenvalue weighted by Crippen LogP contribution is -2.33. The third-order valence-electron chi connectivity index (χ3n) is 4.32. The van der Waals surface area contributed by atoms with Crippen LogP contribution >= 0.6 is 23.7 Å². The highest BCUT2D eigenvalue weighted by Gasteiger charge is 2.31. The number of rotatable bonds is 9. The van der Waals surface area contributed by atoms with Gasteiger partial charge in [-0.2, -0.15) is 0 Å². The van der Waals surface area contributed by atoms with Gasteiger partial charge in [-0.05, 0) is 37.3 Å². The number of aryl methyl sites for hydroxylation is 1. The molecule has 3 unspecified atom stereocenters. The van der Waals surface area contributed by atoms with Crippen molar-refractivity contribution in [1.29, 1.82) is 0 Å². The molecule has 1 aromatic carbocycles. The van der Waals surface area contributed by atoms with Crippen LogP contribution in [0.4, 0.5) is 0 Å². The summed E-state index contributed by atoms with van der Waals surface area (Å²) < 4.78 is 36.5. The molecule has 2 N–H and O–H groups in total. The zero-order chi connectivity index (χ0) is 23.3. The number of aromatic amines is 1. The molecule has 1 aliphatic rings. The van der Waals surface area contributed by atoms with Gasteiger partial charge in [0.15, 0.2) is 6.23 Å². The van der Waals surface area contributed by atoms with Crippen molar-refractivity contribution in [2.24, 2.45) is 0 Å². The Balaban J connectivity index is 1.67. The van der Waals surface area contributed by atoms with Gasteiger partial charge in [-0.15, -0.1) is 0 Å². The minimum absolute atomic E-state index is 0.202. The number of benzene rings is 1. The lowest BCUT2D eigenvalue weighted by atomic mass is 10.3. The van der Waals surface area contributed by atoms with Crippen LogP contribution in [0.2, 0.25) is 0 Å². The van der Waals surface area contributed by atoms with E-state index in [0.29, 0.717) is 5.56 Å². The van der Waals surface area contributed by atoms with Gasteiger partial charge in [0.05, 0.1) is 13.7 Å². The van der Waals surface area contributed by atoms with Crippen molar-refractivity contribution >= 4 is 29.6 Å². The highest BCUT2D eigenvalue weighted by molar-refractivity contribution is 9.10. The van der Waals surface area contributed by atoms with Crippen LogP contribution in [0, 0.1) is 6.92 Å². The summed E-state index contributed by atoms with van der Waals surface area (Å²) in [4.78, 5) is 37.3. The van der Waals surface area contributed by atoms with E-state index in [1.165, 1.54) is 17.9 Å². The Morgan fingerprint density at radius 1 is 1.28 bits per heavy atom. The minimum atomic E-state index is -3.99. The molecule has 0 aliphatic carbocycles. The highest BCUT2D eigenvalue weighted by atomic mass is 79.9. The van der Waals surface area contributed by atoms with Gasteiger partial charge in [-0.3, -0.25) is 23.7 Å². The normalized spacial score (nSPS) is 19.5. The van der Waals surface area contributed by atoms with Crippen LogP contribution in [0.5, 0.6) is 5.75 Å². The smallest absolute Gasteiger partial charge is 0.459 e. The van der Waals surface area contributed by atoms with Gasteiger partial charge >= 0.3 is 19.4 Å². The van der Waals surface area contributed by atoms with Crippen LogP contribution in [0.1, 0.15) is 11.8 Å². The second-order valence-corrected chi connectivity index (χ2v) is 9.35. The first-order valence-corrected chi connectivity index (χ1v) is 11.7. The van der Waals surface area contributed by atoms with Crippen molar-refractivity contribution in [2.45, 2.75) is 19.3 Å². The van der Waals surface area contributed by atoms with Gasteiger partial charge in [-0.25, -0.2) is 14.4 Å². The molecule has 0 saturated heterocycles. The number of hydrogen-bond acceptors (Lipinski definition) is 8. The van der Waals surface area contributed by atoms with E-state index < -0.39 is 43.8 Å². The van der Waals surface area contributed by atoms with Gasteiger partial charge in [0.1, 0.15) is 18.4 Å². The zero-order valence-electron chi connectivity index (χ0n) is 17.1. The van der Waals surface area contributed by atoms with Crippen LogP contribution in [0.25, 0.3) is 0 Å². The van der Waals surface area contributed by atoms with Gasteiger partial charge in [-0.1, -0.05) is 22.0 Å². The van der Waals surface area contributed by atoms with Crippen molar-refractivity contribution in [3.8, 4) is 5.75 Å². The molecule has 172 valence electrons. The van der Waals surface area contributed by atoms with E-state index in [0.717, 1.165) is 4.47 Å². The van der Waals surface area contributed by atoms with Crippen molar-refractivity contribution in [3.63, 3.8) is 0 Å². The van der Waals surface area contributed by atoms with Gasteiger partial charge in [0, 0.05) is 16.2 Å². The Hall–Kier alpha value is -2.50. The molecule has 3 atom stereocenters. The average Bonchev–Trinajstić information content (AvgIpc) is 3.24. The van der Waals surface area contributed by atoms with E-state index in [1.54, 1.807) is 43.3 Å². The Kier molecular flexibility index (Phi) is 7.86. The van der Waals surface area contributed by atoms with E-state index in [4.69, 9.17) is 13.8 Å². The first-order chi connectivity index (χ1) is 15.2. The number of ether oxygens (including phenoxy) is 2. The van der Waals surface area contributed by atoms with Crippen molar-refractivity contribution < 1.29 is 27.9 Å². The van der Waals surface area contributed by atoms with E-state index in [-0.39, 0.29) is 12.4 Å². The van der Waals surface area contributed by atoms with E-state index in [2.05, 4.69) is 30.7 Å². The molecule has 1 aliphatic heterocycles. The molecule has 0 spiro atoms. The fourth-order valence-electron chi connectivity index (χ4n) is 2.66. The molecular weight excluding hydrogens is 509 g/mol. The molecule has 11 nitrogen and oxygen atoms in total. The summed E-state index contributed by atoms with van der Waals surface area (Å²) >= 11 is 3.30. The largest absolute Gasteiger partial charge is 0.468 e. The number of carbonyl (C=O) groups is 1. The summed E-state index contributed by atoms with van der Waals surface area (Å²) in [5, 5.41) is 2.45. The number of methoxy groups -OCH3 is 1. The maximum Gasteiger partial charge on any atom is 0.459 e. The summed E-state index contributed by atoms with van der Waals surface area (Å²) in [6, 6.07) is 6.54. The Morgan fingerprint density at radius 2 is 2.00 bits per heavy atom. The van der Waals surface area contributed by atoms with Crippen LogP contribution in [-0.4, -0.2) is 41.9 Å². The fourth-order valence-corrected chi connectivity index (χ4v) is 4.20. The predicted octanol–water partition coefficient (Wildman–Crippen LogP) is 2.03. The second-order valence-electron chi connectivity index (χ2n) is 6.68. The van der Waals surface area contributed by atoms with Gasteiger partial charge < -0.3 is 14.0 Å². The molecule has 13 heteroatoms. The van der Waals surface area contributed by atoms with Gasteiger partial charge in [0.2, 0.25) is 0 Å². The Bertz CT molecular complexity index is 1160. The summed E-state index contributed by atoms with van der Waals surface area (Å²) in [5.74, 6) is -0.400. The summed E-state index contributed by atoms with van der Waals surface area (Å²) in [6.45, 7) is 0.961. The molecule has 0 fully saturated rings. The number of aromatic nitrogens is 2. The number of nitrogens with zero attached hydrogens (tertiary/aromatic N) is 1. The fraction of sp³-hybridized carbons (Fsp3) is 0.316. The number of esters is 1. The first-order valence-electron chi connectivity index (χ1n) is 9.36. The third-order valence-corrected chi connectivity index (χ3v) is 6.33. The molecular formula is C19H21BrN3O8P. The number of carbonyl (C=O) groups excluding carboxylic acids is 1. The SMILES string of the molecule is COC(=O)CNP(=O)(OCC1C=CC(n2cc(C)c(=O)[nH]c2=O)O1)Oc1ccc(Br)cc1. The highest BCUT2D eigenvalue weighted by Crippen LogP contribution is 2.44. The number of hydrogen-bond donors (Lipinski definition) is 2. The molecule has 2 heterocycles. The maximum atomic E-state index is 13.2. The lowest BCUT2D eigenvalue weighted by molar-refractivity contribution is -0.139. The van der Waals surface area contributed by atoms with Crippen molar-refractivity contribution in [3.05, 3.63) is 73.5 Å². The number of nitrogens with one attached hydrogen (secondary N) is 2. The molecule has 3 rings (SSSR count). The predicted molar refractivity (Wildman–Crippen MR) is 117 cm³/mol. The standard InChI is InChI=1S/C19H21BrN3O8P/c1-12-10-23(19(26)22-18(12)25)16-8-7-15(30-16)11-29-32(27,21-9-17(24)28-2)31-14-5-3-13(20)4-6-14/h3-8,10,15-16H,9,11H2,1-2H3,(H,21,27)(H,22,25,26). The molecule has 32 heavy (non-hydrogen) atoms. The van der Waals surface area contributed by atoms with E-state index in [9.17, 15) is 18.9 Å². The second kappa shape index (κ2) is 10.4. The number of halogens is 1. The molecule has 1 aromatic heterocycles. The van der Waals surface area contributed by atoms with Crippen LogP contribution in [-0.2, 0) is 23.4 Å². The summed E-state index contributed by atoms with van der Waals surface area (Å²) in [6.07, 6.45) is 3.18. The summed E-state index contributed by atoms with van der Waals surface area (Å²) in [7, 11) is -2.79. The topological polar surface area (TPSA) is 138 Å². The molecule has 0 saturated carbocycles. The molecule has 0 amide bonds. The van der Waals surface area contributed by atoms with Crippen LogP contribution < -0.4 is 20.9 Å². The third kappa shape index (κ3) is 6.27. The van der Waals surface area contributed by atoms with Crippen molar-refractivity contribution in [2.75, 3.05) is 20.3 Å². The summed E-state index contributed by atoms with van der Waals surface area (Å²) in [5.41, 5.74) is -0.752. The van der Waals surface area contributed by atoms with Crippen LogP contribution in [0.15, 0.2) is 56.7 Å². The minimum Gasteiger partial charge on any atom is -0.468 e. The Morgan fingerprint density at radius 3 is 2.69 bits per heavy atom. The monoisotopic (exact) mass is 529 g/mol. The van der Waals surface area contributed by atoms with Crippen molar-refractivity contribution in [1.82, 2.24) is 14.6 Å². The number of H-pyrrole nitrogens is 1. The molecule has 0 bridgehead atoms. The Labute approximate surface area is 191 Å². The molecule has 2 aromatic rings. The maximum absolute atomic E-state index is 13.2. The van der Waals surface area contributed by atoms with Gasteiger partial charge in [0.25, 0.3) is 5.56 Å². The van der Waals surface area contributed by atoms with Crippen LogP contribution in [0.3, 0.4) is 0 Å². The quantitative estimate of drug-likeness (QED) is 0.283. The molecule has 0 radical (unpaired) electrons. The zero-order valence-corrected chi connectivity index (χ0v) is 19.6. The first kappa shape index (κ1) is 24.1. The average molecular weight is 530 g/mol. The van der Waals surface area contributed by atoms with E-state index >= 15 is 0 Å². The van der Waals surface area contributed by atoms with E-state index in [1.807, 2.05) is 0 Å².